The molecule has 0 aromatic heterocycles. The van der Waals surface area contributed by atoms with Gasteiger partial charge in [0.2, 0.25) is 0 Å². The molecule has 96 valence electrons. The summed E-state index contributed by atoms with van der Waals surface area (Å²) in [6.45, 7) is 0. The van der Waals surface area contributed by atoms with Gasteiger partial charge in [-0.1, -0.05) is 0 Å². The van der Waals surface area contributed by atoms with Crippen molar-refractivity contribution < 1.29 is 35.1 Å². The molecule has 0 fully saturated rings. The smallest absolute Gasteiger partial charge is 0.302 e. The highest BCUT2D eigenvalue weighted by Crippen LogP contribution is 2.38. The number of hydrogen-bond acceptors (Lipinski definition) is 1. The van der Waals surface area contributed by atoms with Crippen LogP contribution in [0.1, 0.15) is 11.1 Å². The van der Waals surface area contributed by atoms with Crippen LogP contribution >= 0.6 is 0 Å². The van der Waals surface area contributed by atoms with Crippen LogP contribution in [-0.4, -0.2) is 8.76 Å². The monoisotopic (exact) mass is 278 g/mol. The second kappa shape index (κ2) is 4.30. The fourth-order valence-corrected chi connectivity index (χ4v) is 1.63. The zero-order valence-corrected chi connectivity index (χ0v) is 8.58. The number of benzene rings is 1. The van der Waals surface area contributed by atoms with Crippen LogP contribution in [0.25, 0.3) is 0 Å². The molecule has 1 atom stereocenters. The molecule has 0 heterocycles. The van der Waals surface area contributed by atoms with Gasteiger partial charge in [0.15, 0.2) is 11.1 Å². The molecule has 9 heteroatoms. The van der Waals surface area contributed by atoms with E-state index in [0.29, 0.717) is 12.1 Å². The molecule has 2 nitrogen and oxygen atoms in total. The molecule has 1 aromatic rings. The highest BCUT2D eigenvalue weighted by Gasteiger charge is 2.39. The molecule has 0 amide bonds. The van der Waals surface area contributed by atoms with E-state index in [0.717, 1.165) is 0 Å². The Morgan fingerprint density at radius 1 is 1.00 bits per heavy atom. The molecule has 1 rings (SSSR count). The third-order valence-corrected chi connectivity index (χ3v) is 2.53. The summed E-state index contributed by atoms with van der Waals surface area (Å²) >= 11 is -3.01. The average Bonchev–Trinajstić information content (AvgIpc) is 2.14. The maximum atomic E-state index is 12.4. The SMILES string of the molecule is O=S(O)c1ccc(C(F)(F)F)cc1C(F)(F)F. The van der Waals surface area contributed by atoms with E-state index in [-0.39, 0.29) is 6.07 Å². The first-order valence-corrected chi connectivity index (χ1v) is 5.03. The van der Waals surface area contributed by atoms with Crippen molar-refractivity contribution in [1.82, 2.24) is 0 Å². The molecule has 1 N–H and O–H groups in total. The van der Waals surface area contributed by atoms with E-state index in [9.17, 15) is 30.6 Å². The first-order valence-electron chi connectivity index (χ1n) is 3.93. The molecule has 0 aliphatic rings. The minimum atomic E-state index is -5.13. The number of halogens is 6. The first-order chi connectivity index (χ1) is 7.53. The summed E-state index contributed by atoms with van der Waals surface area (Å²) in [7, 11) is 0. The predicted octanol–water partition coefficient (Wildman–Crippen LogP) is 3.30. The lowest BCUT2D eigenvalue weighted by Crippen LogP contribution is -2.13. The van der Waals surface area contributed by atoms with Gasteiger partial charge in [-0.3, -0.25) is 0 Å². The van der Waals surface area contributed by atoms with E-state index in [2.05, 4.69) is 0 Å². The fourth-order valence-electron chi connectivity index (χ4n) is 1.08. The quantitative estimate of drug-likeness (QED) is 0.632. The van der Waals surface area contributed by atoms with Gasteiger partial charge in [0.25, 0.3) is 0 Å². The Hall–Kier alpha value is -1.09. The fraction of sp³-hybridized carbons (Fsp3) is 0.250. The Morgan fingerprint density at radius 2 is 1.53 bits per heavy atom. The molecule has 0 aliphatic carbocycles. The summed E-state index contributed by atoms with van der Waals surface area (Å²) < 4.78 is 92.8. The van der Waals surface area contributed by atoms with E-state index in [1.54, 1.807) is 0 Å². The molecule has 0 saturated heterocycles. The van der Waals surface area contributed by atoms with Crippen LogP contribution in [0.2, 0.25) is 0 Å². The van der Waals surface area contributed by atoms with E-state index in [1.165, 1.54) is 0 Å². The van der Waals surface area contributed by atoms with E-state index in [1.807, 2.05) is 0 Å². The maximum absolute atomic E-state index is 12.4. The summed E-state index contributed by atoms with van der Waals surface area (Å²) in [5.41, 5.74) is -3.30. The standard InChI is InChI=1S/C8H4F6O2S/c9-7(10,11)4-1-2-6(17(15)16)5(3-4)8(12,13)14/h1-3H,(H,15,16). The molecule has 1 aromatic carbocycles. The molecule has 17 heavy (non-hydrogen) atoms. The molecule has 0 spiro atoms. The van der Waals surface area contributed by atoms with E-state index >= 15 is 0 Å². The lowest BCUT2D eigenvalue weighted by Gasteiger charge is -2.13. The van der Waals surface area contributed by atoms with Crippen LogP contribution in [-0.2, 0) is 23.4 Å². The molecule has 1 unspecified atom stereocenters. The molecular formula is C8H4F6O2S. The normalized spacial score (nSPS) is 14.8. The molecule has 0 saturated carbocycles. The lowest BCUT2D eigenvalue weighted by atomic mass is 10.1. The summed E-state index contributed by atoms with van der Waals surface area (Å²) in [6, 6.07) is 0.462. The number of rotatable bonds is 1. The minimum absolute atomic E-state index is 0.191. The zero-order valence-electron chi connectivity index (χ0n) is 7.76. The van der Waals surface area contributed by atoms with Gasteiger partial charge in [0.05, 0.1) is 16.0 Å². The Labute approximate surface area is 93.5 Å². The van der Waals surface area contributed by atoms with Crippen LogP contribution < -0.4 is 0 Å². The Morgan fingerprint density at radius 3 is 1.88 bits per heavy atom. The van der Waals surface area contributed by atoms with Gasteiger partial charge in [-0.05, 0) is 18.2 Å². The van der Waals surface area contributed by atoms with Crippen molar-refractivity contribution in [1.29, 1.82) is 0 Å². The summed E-state index contributed by atoms with van der Waals surface area (Å²) in [5.74, 6) is 0. The minimum Gasteiger partial charge on any atom is -0.302 e. The largest absolute Gasteiger partial charge is 0.417 e. The van der Waals surface area contributed by atoms with Gasteiger partial charge in [-0.15, -0.1) is 0 Å². The van der Waals surface area contributed by atoms with Crippen molar-refractivity contribution in [2.75, 3.05) is 0 Å². The van der Waals surface area contributed by atoms with E-state index < -0.39 is 39.5 Å². The van der Waals surface area contributed by atoms with Crippen LogP contribution in [0, 0.1) is 0 Å². The van der Waals surface area contributed by atoms with Gasteiger partial charge >= 0.3 is 12.4 Å². The predicted molar refractivity (Wildman–Crippen MR) is 45.5 cm³/mol. The van der Waals surface area contributed by atoms with Crippen LogP contribution in [0.3, 0.4) is 0 Å². The van der Waals surface area contributed by atoms with Crippen molar-refractivity contribution >= 4 is 11.1 Å². The molecule has 0 radical (unpaired) electrons. The maximum Gasteiger partial charge on any atom is 0.417 e. The van der Waals surface area contributed by atoms with Crippen LogP contribution in [0.5, 0.6) is 0 Å². The van der Waals surface area contributed by atoms with E-state index in [4.69, 9.17) is 4.55 Å². The second-order valence-corrected chi connectivity index (χ2v) is 3.89. The zero-order chi connectivity index (χ0) is 13.4. The van der Waals surface area contributed by atoms with Crippen molar-refractivity contribution in [2.45, 2.75) is 17.2 Å². The third-order valence-electron chi connectivity index (χ3n) is 1.80. The summed E-state index contributed by atoms with van der Waals surface area (Å²) in [4.78, 5) is -1.11. The Kier molecular flexibility index (Phi) is 3.53. The van der Waals surface area contributed by atoms with Gasteiger partial charge in [-0.2, -0.15) is 26.3 Å². The van der Waals surface area contributed by atoms with Crippen LogP contribution in [0.15, 0.2) is 23.1 Å². The van der Waals surface area contributed by atoms with Crippen molar-refractivity contribution in [3.05, 3.63) is 29.3 Å². The topological polar surface area (TPSA) is 37.3 Å². The second-order valence-electron chi connectivity index (χ2n) is 2.96. The third kappa shape index (κ3) is 3.19. The van der Waals surface area contributed by atoms with Crippen LogP contribution in [0.4, 0.5) is 26.3 Å². The van der Waals surface area contributed by atoms with Gasteiger partial charge < -0.3 is 4.55 Å². The van der Waals surface area contributed by atoms with Crippen molar-refractivity contribution in [3.8, 4) is 0 Å². The summed E-state index contributed by atoms with van der Waals surface area (Å²) in [6.07, 6.45) is -10.1. The van der Waals surface area contributed by atoms with Crippen molar-refractivity contribution in [3.63, 3.8) is 0 Å². The molecule has 0 aliphatic heterocycles. The number of hydrogen-bond donors (Lipinski definition) is 1. The van der Waals surface area contributed by atoms with Gasteiger partial charge in [0, 0.05) is 0 Å². The Bertz CT molecular complexity index is 450. The highest BCUT2D eigenvalue weighted by atomic mass is 32.2. The van der Waals surface area contributed by atoms with Gasteiger partial charge in [-0.25, -0.2) is 4.21 Å². The Balaban J connectivity index is 3.46. The summed E-state index contributed by atoms with van der Waals surface area (Å²) in [5, 5.41) is 0. The molecule has 0 bridgehead atoms. The molecular weight excluding hydrogens is 274 g/mol. The van der Waals surface area contributed by atoms with Crippen molar-refractivity contribution in [2.24, 2.45) is 0 Å². The van der Waals surface area contributed by atoms with Gasteiger partial charge in [0.1, 0.15) is 0 Å². The average molecular weight is 278 g/mol. The highest BCUT2D eigenvalue weighted by molar-refractivity contribution is 7.79. The first kappa shape index (κ1) is 14.0. The number of alkyl halides is 6. The lowest BCUT2D eigenvalue weighted by molar-refractivity contribution is -0.144.